The molecule has 0 bridgehead atoms. The first-order valence-electron chi connectivity index (χ1n) is 6.11. The third-order valence-corrected chi connectivity index (χ3v) is 3.06. The van der Waals surface area contributed by atoms with E-state index in [1.165, 1.54) is 6.33 Å². The zero-order valence-corrected chi connectivity index (χ0v) is 10.5. The summed E-state index contributed by atoms with van der Waals surface area (Å²) in [6, 6.07) is 0. The summed E-state index contributed by atoms with van der Waals surface area (Å²) in [6.45, 7) is 6.33. The number of ether oxygens (including phenoxy) is 1. The molecule has 0 aliphatic carbocycles. The standard InChI is InChI=1S/C11H19N5O2/c1-2-16-3-4-18-8(6-16)5-13-10-9(12)11(17)15-7-14-10/h7-8H,2-6,12H2,1H3,(H2,13,14,15,17). The van der Waals surface area contributed by atoms with Gasteiger partial charge in [0.2, 0.25) is 0 Å². The molecule has 18 heavy (non-hydrogen) atoms. The third-order valence-electron chi connectivity index (χ3n) is 3.06. The maximum absolute atomic E-state index is 11.3. The summed E-state index contributed by atoms with van der Waals surface area (Å²) in [5.74, 6) is 0.413. The van der Waals surface area contributed by atoms with E-state index in [9.17, 15) is 4.79 Å². The Bertz CT molecular complexity index is 447. The van der Waals surface area contributed by atoms with Gasteiger partial charge in [0.05, 0.1) is 19.0 Å². The number of H-pyrrole nitrogens is 1. The van der Waals surface area contributed by atoms with Gasteiger partial charge in [0.25, 0.3) is 5.56 Å². The molecule has 1 saturated heterocycles. The minimum atomic E-state index is -0.327. The molecule has 1 aliphatic heterocycles. The minimum absolute atomic E-state index is 0.0965. The summed E-state index contributed by atoms with van der Waals surface area (Å²) >= 11 is 0. The fourth-order valence-electron chi connectivity index (χ4n) is 1.95. The molecule has 1 aliphatic rings. The van der Waals surface area contributed by atoms with Crippen molar-refractivity contribution in [1.29, 1.82) is 0 Å². The fourth-order valence-corrected chi connectivity index (χ4v) is 1.95. The van der Waals surface area contributed by atoms with E-state index in [1.54, 1.807) is 0 Å². The van der Waals surface area contributed by atoms with Gasteiger partial charge in [-0.25, -0.2) is 4.98 Å². The Morgan fingerprint density at radius 3 is 3.33 bits per heavy atom. The first kappa shape index (κ1) is 12.8. The second-order valence-electron chi connectivity index (χ2n) is 4.26. The maximum atomic E-state index is 11.3. The van der Waals surface area contributed by atoms with Crippen LogP contribution in [0.4, 0.5) is 11.5 Å². The molecule has 0 amide bonds. The lowest BCUT2D eigenvalue weighted by Gasteiger charge is -2.32. The molecule has 4 N–H and O–H groups in total. The fraction of sp³-hybridized carbons (Fsp3) is 0.636. The number of nitrogens with one attached hydrogen (secondary N) is 2. The van der Waals surface area contributed by atoms with Crippen molar-refractivity contribution in [2.45, 2.75) is 13.0 Å². The summed E-state index contributed by atoms with van der Waals surface area (Å²) in [5, 5.41) is 3.06. The van der Waals surface area contributed by atoms with Gasteiger partial charge in [-0.3, -0.25) is 9.69 Å². The van der Waals surface area contributed by atoms with Crippen molar-refractivity contribution >= 4 is 11.5 Å². The first-order valence-corrected chi connectivity index (χ1v) is 6.11. The van der Waals surface area contributed by atoms with E-state index in [2.05, 4.69) is 27.1 Å². The lowest BCUT2D eigenvalue weighted by Crippen LogP contribution is -2.45. The van der Waals surface area contributed by atoms with Crippen molar-refractivity contribution in [2.75, 3.05) is 43.8 Å². The molecular weight excluding hydrogens is 234 g/mol. The number of likely N-dealkylation sites (N-methyl/N-ethyl adjacent to an activating group) is 1. The van der Waals surface area contributed by atoms with Crippen LogP contribution in [0.15, 0.2) is 11.1 Å². The molecule has 2 heterocycles. The van der Waals surface area contributed by atoms with Gasteiger partial charge in [-0.1, -0.05) is 6.92 Å². The number of rotatable bonds is 4. The summed E-state index contributed by atoms with van der Waals surface area (Å²) in [4.78, 5) is 20.0. The van der Waals surface area contributed by atoms with Gasteiger partial charge in [-0.15, -0.1) is 0 Å². The average molecular weight is 253 g/mol. The SMILES string of the molecule is CCN1CCOC(CNc2nc[nH]c(=O)c2N)C1. The summed E-state index contributed by atoms with van der Waals surface area (Å²) in [7, 11) is 0. The molecule has 0 radical (unpaired) electrons. The molecule has 1 atom stereocenters. The van der Waals surface area contributed by atoms with E-state index < -0.39 is 0 Å². The number of nitrogens with two attached hydrogens (primary N) is 1. The number of aromatic nitrogens is 2. The van der Waals surface area contributed by atoms with Crippen LogP contribution in [0.25, 0.3) is 0 Å². The van der Waals surface area contributed by atoms with Gasteiger partial charge >= 0.3 is 0 Å². The zero-order chi connectivity index (χ0) is 13.0. The van der Waals surface area contributed by atoms with E-state index in [0.717, 1.165) is 26.2 Å². The summed E-state index contributed by atoms with van der Waals surface area (Å²) in [5.41, 5.74) is 5.42. The largest absolute Gasteiger partial charge is 0.391 e. The molecule has 1 aromatic heterocycles. The molecular formula is C11H19N5O2. The van der Waals surface area contributed by atoms with Crippen molar-refractivity contribution in [3.05, 3.63) is 16.7 Å². The van der Waals surface area contributed by atoms with Gasteiger partial charge in [0, 0.05) is 19.6 Å². The second kappa shape index (κ2) is 5.83. The van der Waals surface area contributed by atoms with Gasteiger partial charge in [0.1, 0.15) is 5.69 Å². The Morgan fingerprint density at radius 1 is 1.72 bits per heavy atom. The molecule has 1 aromatic rings. The number of morpholine rings is 1. The predicted molar refractivity (Wildman–Crippen MR) is 69.6 cm³/mol. The van der Waals surface area contributed by atoms with Crippen molar-refractivity contribution in [1.82, 2.24) is 14.9 Å². The summed E-state index contributed by atoms with van der Waals surface area (Å²) in [6.07, 6.45) is 1.43. The van der Waals surface area contributed by atoms with E-state index in [-0.39, 0.29) is 17.4 Å². The van der Waals surface area contributed by atoms with Gasteiger partial charge in [-0.05, 0) is 6.54 Å². The normalized spacial score (nSPS) is 20.8. The van der Waals surface area contributed by atoms with E-state index in [4.69, 9.17) is 10.5 Å². The van der Waals surface area contributed by atoms with Crippen LogP contribution in [0.2, 0.25) is 0 Å². The molecule has 0 spiro atoms. The van der Waals surface area contributed by atoms with E-state index >= 15 is 0 Å². The van der Waals surface area contributed by atoms with Crippen molar-refractivity contribution in [2.24, 2.45) is 0 Å². The molecule has 100 valence electrons. The molecule has 0 saturated carbocycles. The van der Waals surface area contributed by atoms with E-state index in [1.807, 2.05) is 0 Å². The highest BCUT2D eigenvalue weighted by Crippen LogP contribution is 2.10. The highest BCUT2D eigenvalue weighted by atomic mass is 16.5. The van der Waals surface area contributed by atoms with Gasteiger partial charge in [0.15, 0.2) is 5.82 Å². The van der Waals surface area contributed by atoms with Crippen LogP contribution in [0.3, 0.4) is 0 Å². The molecule has 7 heteroatoms. The molecule has 0 aromatic carbocycles. The number of anilines is 2. The number of nitrogen functional groups attached to an aromatic ring is 1. The number of nitrogens with zero attached hydrogens (tertiary/aromatic N) is 2. The van der Waals surface area contributed by atoms with Crippen LogP contribution >= 0.6 is 0 Å². The van der Waals surface area contributed by atoms with Crippen molar-refractivity contribution in [3.63, 3.8) is 0 Å². The van der Waals surface area contributed by atoms with Crippen LogP contribution in [-0.4, -0.2) is 53.8 Å². The highest BCUT2D eigenvalue weighted by molar-refractivity contribution is 5.58. The lowest BCUT2D eigenvalue weighted by atomic mass is 10.2. The third kappa shape index (κ3) is 2.99. The van der Waals surface area contributed by atoms with Crippen molar-refractivity contribution in [3.8, 4) is 0 Å². The van der Waals surface area contributed by atoms with Crippen LogP contribution in [0.1, 0.15) is 6.92 Å². The second-order valence-corrected chi connectivity index (χ2v) is 4.26. The highest BCUT2D eigenvalue weighted by Gasteiger charge is 2.19. The molecule has 7 nitrogen and oxygen atoms in total. The monoisotopic (exact) mass is 253 g/mol. The Labute approximate surface area is 105 Å². The Kier molecular flexibility index (Phi) is 4.16. The van der Waals surface area contributed by atoms with Crippen LogP contribution in [-0.2, 0) is 4.74 Å². The van der Waals surface area contributed by atoms with E-state index in [0.29, 0.717) is 12.4 Å². The Balaban J connectivity index is 1.91. The first-order chi connectivity index (χ1) is 8.70. The Hall–Kier alpha value is -1.60. The number of hydrogen-bond donors (Lipinski definition) is 3. The van der Waals surface area contributed by atoms with Crippen LogP contribution < -0.4 is 16.6 Å². The summed E-state index contributed by atoms with van der Waals surface area (Å²) < 4.78 is 5.64. The Morgan fingerprint density at radius 2 is 2.56 bits per heavy atom. The van der Waals surface area contributed by atoms with Crippen LogP contribution in [0, 0.1) is 0 Å². The molecule has 1 fully saturated rings. The molecule has 2 rings (SSSR count). The number of aromatic amines is 1. The predicted octanol–water partition coefficient (Wildman–Crippen LogP) is -0.515. The smallest absolute Gasteiger partial charge is 0.276 e. The lowest BCUT2D eigenvalue weighted by molar-refractivity contribution is -0.0192. The van der Waals surface area contributed by atoms with Crippen molar-refractivity contribution < 1.29 is 4.74 Å². The topological polar surface area (TPSA) is 96.3 Å². The van der Waals surface area contributed by atoms with Gasteiger partial charge in [-0.2, -0.15) is 0 Å². The number of hydrogen-bond acceptors (Lipinski definition) is 6. The minimum Gasteiger partial charge on any atom is -0.391 e. The van der Waals surface area contributed by atoms with Gasteiger partial charge < -0.3 is 20.8 Å². The van der Waals surface area contributed by atoms with Crippen LogP contribution in [0.5, 0.6) is 0 Å². The average Bonchev–Trinajstić information content (AvgIpc) is 2.41. The quantitative estimate of drug-likeness (QED) is 0.668. The molecule has 1 unspecified atom stereocenters. The zero-order valence-electron chi connectivity index (χ0n) is 10.5. The maximum Gasteiger partial charge on any atom is 0.276 e.